The number of hydrogen-bond donors (Lipinski definition) is 1. The Labute approximate surface area is 357 Å². The zero-order chi connectivity index (χ0) is 41.9. The molecule has 0 saturated heterocycles. The summed E-state index contributed by atoms with van der Waals surface area (Å²) in [6.07, 6.45) is 9.87. The Kier molecular flexibility index (Phi) is 18.2. The van der Waals surface area contributed by atoms with Crippen LogP contribution in [-0.2, 0) is 0 Å². The van der Waals surface area contributed by atoms with Crippen LogP contribution in [0, 0.1) is 31.5 Å². The third-order valence-corrected chi connectivity index (χ3v) is 9.00. The van der Waals surface area contributed by atoms with Gasteiger partial charge in [0, 0.05) is 35.9 Å². The zero-order valence-electron chi connectivity index (χ0n) is 32.3. The highest BCUT2D eigenvalue weighted by molar-refractivity contribution is 9.15. The second-order valence-corrected chi connectivity index (χ2v) is 14.4. The first-order chi connectivity index (χ1) is 27.9. The van der Waals surface area contributed by atoms with Crippen molar-refractivity contribution >= 4 is 67.8 Å². The van der Waals surface area contributed by atoms with E-state index in [1.54, 1.807) is 24.4 Å². The fraction of sp³-hybridized carbons (Fsp3) is 0.152. The number of halogens is 4. The SMILES string of the molecule is Cc1ccc(OCCCN(C)C)c(C=Cc2ccc(Cl)c(Cl)c2)n1.Cc1ccnc(C(Br)=Cc2ccccc2)n1.O=C(O)c1ccc(C#Cc2cccc(F)c2)nc1. The van der Waals surface area contributed by atoms with Crippen molar-refractivity contribution in [3.8, 4) is 17.6 Å². The molecule has 8 nitrogen and oxygen atoms in total. The van der Waals surface area contributed by atoms with Gasteiger partial charge in [0.2, 0.25) is 0 Å². The Morgan fingerprint density at radius 3 is 2.29 bits per heavy atom. The van der Waals surface area contributed by atoms with Gasteiger partial charge >= 0.3 is 5.97 Å². The molecule has 0 aliphatic rings. The van der Waals surface area contributed by atoms with Crippen molar-refractivity contribution in [1.29, 1.82) is 0 Å². The molecule has 0 aliphatic heterocycles. The summed E-state index contributed by atoms with van der Waals surface area (Å²) in [6, 6.07) is 30.2. The molecule has 0 aliphatic carbocycles. The van der Waals surface area contributed by atoms with Crippen LogP contribution >= 0.6 is 39.1 Å². The maximum Gasteiger partial charge on any atom is 0.337 e. The molecule has 0 amide bonds. The molecule has 0 radical (unpaired) electrons. The van der Waals surface area contributed by atoms with Gasteiger partial charge in [0.15, 0.2) is 5.82 Å². The van der Waals surface area contributed by atoms with Crippen molar-refractivity contribution in [2.75, 3.05) is 27.2 Å². The largest absolute Gasteiger partial charge is 0.491 e. The number of aryl methyl sites for hydroxylation is 2. The van der Waals surface area contributed by atoms with E-state index in [-0.39, 0.29) is 11.4 Å². The quantitative estimate of drug-likeness (QED) is 0.107. The number of pyridine rings is 2. The molecule has 3 aromatic heterocycles. The van der Waals surface area contributed by atoms with Gasteiger partial charge in [0.05, 0.1) is 26.7 Å². The summed E-state index contributed by atoms with van der Waals surface area (Å²) in [6.45, 7) is 5.57. The molecule has 0 saturated carbocycles. The van der Waals surface area contributed by atoms with Gasteiger partial charge in [0.25, 0.3) is 0 Å². The lowest BCUT2D eigenvalue weighted by Gasteiger charge is -2.12. The van der Waals surface area contributed by atoms with E-state index in [1.165, 1.54) is 30.5 Å². The van der Waals surface area contributed by atoms with E-state index < -0.39 is 5.97 Å². The van der Waals surface area contributed by atoms with Gasteiger partial charge in [-0.15, -0.1) is 0 Å². The number of hydrogen-bond acceptors (Lipinski definition) is 7. The highest BCUT2D eigenvalue weighted by Crippen LogP contribution is 2.25. The van der Waals surface area contributed by atoms with Crippen molar-refractivity contribution in [3.05, 3.63) is 182 Å². The molecule has 3 aromatic carbocycles. The molecular formula is C46H41BrCl2FN5O3. The fourth-order valence-corrected chi connectivity index (χ4v) is 5.54. The van der Waals surface area contributed by atoms with Crippen LogP contribution in [-0.4, -0.2) is 63.2 Å². The van der Waals surface area contributed by atoms with Crippen molar-refractivity contribution < 1.29 is 19.0 Å². The van der Waals surface area contributed by atoms with Crippen molar-refractivity contribution in [3.63, 3.8) is 0 Å². The van der Waals surface area contributed by atoms with E-state index in [1.807, 2.05) is 92.7 Å². The summed E-state index contributed by atoms with van der Waals surface area (Å²) < 4.78 is 19.7. The molecule has 0 spiro atoms. The second-order valence-electron chi connectivity index (χ2n) is 12.8. The first-order valence-corrected chi connectivity index (χ1v) is 19.5. The standard InChI is InChI=1S/C19H22Cl2N2O.C14H8FNO2.C13H11BrN2/c1-14-5-10-19(24-12-4-11-23(2)3)18(22-14)9-7-15-6-8-16(20)17(21)13-15;15-12-3-1-2-10(8-12)4-6-13-7-5-11(9-16-13)14(17)18;1-10-7-8-15-13(16-10)12(14)9-11-5-3-2-4-6-11/h5-10,13H,4,11-12H2,1-3H3;1-3,5,7-9H,(H,17,18);2-9H,1H3. The number of nitrogens with zero attached hydrogens (tertiary/aromatic N) is 5. The Bertz CT molecular complexity index is 2400. The number of aromatic carboxylic acids is 1. The lowest BCUT2D eigenvalue weighted by molar-refractivity contribution is 0.0696. The molecule has 0 bridgehead atoms. The smallest absolute Gasteiger partial charge is 0.337 e. The zero-order valence-corrected chi connectivity index (χ0v) is 35.4. The summed E-state index contributed by atoms with van der Waals surface area (Å²) in [5.41, 5.74) is 5.89. The van der Waals surface area contributed by atoms with Gasteiger partial charge in [-0.2, -0.15) is 0 Å². The molecule has 0 unspecified atom stereocenters. The van der Waals surface area contributed by atoms with Crippen LogP contribution in [0.4, 0.5) is 4.39 Å². The van der Waals surface area contributed by atoms with Gasteiger partial charge in [-0.05, 0) is 140 Å². The Balaban J connectivity index is 0.000000197. The van der Waals surface area contributed by atoms with Gasteiger partial charge < -0.3 is 14.7 Å². The van der Waals surface area contributed by atoms with E-state index in [0.717, 1.165) is 51.4 Å². The highest BCUT2D eigenvalue weighted by Gasteiger charge is 2.05. The first-order valence-electron chi connectivity index (χ1n) is 17.9. The van der Waals surface area contributed by atoms with Crippen LogP contribution in [0.1, 0.15) is 62.1 Å². The summed E-state index contributed by atoms with van der Waals surface area (Å²) in [4.78, 5) is 29.8. The van der Waals surface area contributed by atoms with Gasteiger partial charge in [-0.3, -0.25) is 0 Å². The summed E-state index contributed by atoms with van der Waals surface area (Å²) in [7, 11) is 4.11. The minimum Gasteiger partial charge on any atom is -0.491 e. The van der Waals surface area contributed by atoms with Crippen molar-refractivity contribution in [1.82, 2.24) is 24.8 Å². The molecule has 1 N–H and O–H groups in total. The molecule has 3 heterocycles. The Morgan fingerprint density at radius 1 is 0.845 bits per heavy atom. The summed E-state index contributed by atoms with van der Waals surface area (Å²) in [5.74, 6) is 5.60. The number of carboxylic acids is 1. The predicted molar refractivity (Wildman–Crippen MR) is 237 cm³/mol. The van der Waals surface area contributed by atoms with Crippen LogP contribution in [0.25, 0.3) is 22.7 Å². The van der Waals surface area contributed by atoms with Crippen LogP contribution < -0.4 is 4.74 Å². The predicted octanol–water partition coefficient (Wildman–Crippen LogP) is 11.2. The van der Waals surface area contributed by atoms with E-state index in [2.05, 4.69) is 66.7 Å². The lowest BCUT2D eigenvalue weighted by atomic mass is 10.2. The average Bonchev–Trinajstić information content (AvgIpc) is 3.21. The number of carbonyl (C=O) groups is 1. The second kappa shape index (κ2) is 23.5. The van der Waals surface area contributed by atoms with Crippen LogP contribution in [0.5, 0.6) is 5.75 Å². The number of aromatic nitrogens is 4. The number of benzene rings is 3. The van der Waals surface area contributed by atoms with Gasteiger partial charge in [-0.25, -0.2) is 29.1 Å². The monoisotopic (exact) mass is 879 g/mol. The summed E-state index contributed by atoms with van der Waals surface area (Å²) >= 11 is 15.5. The lowest BCUT2D eigenvalue weighted by Crippen LogP contribution is -2.15. The van der Waals surface area contributed by atoms with Crippen molar-refractivity contribution in [2.24, 2.45) is 0 Å². The maximum atomic E-state index is 12.9. The summed E-state index contributed by atoms with van der Waals surface area (Å²) in [5, 5.41) is 9.78. The molecule has 12 heteroatoms. The highest BCUT2D eigenvalue weighted by atomic mass is 79.9. The Hall–Kier alpha value is -5.70. The number of carboxylic acid groups (broad SMARTS) is 1. The van der Waals surface area contributed by atoms with Crippen molar-refractivity contribution in [2.45, 2.75) is 20.3 Å². The van der Waals surface area contributed by atoms with Crippen LogP contribution in [0.15, 0.2) is 116 Å². The normalized spacial score (nSPS) is 10.8. The molecule has 296 valence electrons. The third-order valence-electron chi connectivity index (χ3n) is 7.68. The topological polar surface area (TPSA) is 101 Å². The molecular weight excluding hydrogens is 840 g/mol. The minimum atomic E-state index is -1.04. The molecule has 58 heavy (non-hydrogen) atoms. The fourth-order valence-electron chi connectivity index (χ4n) is 4.78. The Morgan fingerprint density at radius 2 is 1.62 bits per heavy atom. The van der Waals surface area contributed by atoms with E-state index in [4.69, 9.17) is 33.0 Å². The molecule has 6 rings (SSSR count). The maximum absolute atomic E-state index is 12.9. The minimum absolute atomic E-state index is 0.103. The van der Waals surface area contributed by atoms with Crippen LogP contribution in [0.2, 0.25) is 10.0 Å². The molecule has 0 fully saturated rings. The third kappa shape index (κ3) is 16.0. The first kappa shape index (κ1) is 45.0. The molecule has 6 aromatic rings. The number of rotatable bonds is 10. The molecule has 0 atom stereocenters. The van der Waals surface area contributed by atoms with E-state index in [0.29, 0.717) is 33.7 Å². The van der Waals surface area contributed by atoms with Gasteiger partial charge in [-0.1, -0.05) is 77.7 Å². The van der Waals surface area contributed by atoms with Gasteiger partial charge in [0.1, 0.15) is 23.0 Å². The average molecular weight is 882 g/mol. The van der Waals surface area contributed by atoms with E-state index in [9.17, 15) is 9.18 Å². The van der Waals surface area contributed by atoms with E-state index >= 15 is 0 Å². The van der Waals surface area contributed by atoms with Crippen LogP contribution in [0.3, 0.4) is 0 Å². The number of ether oxygens (including phenoxy) is 1.